The van der Waals surface area contributed by atoms with Crippen LogP contribution >= 0.6 is 0 Å². The van der Waals surface area contributed by atoms with Crippen LogP contribution < -0.4 is 0 Å². The Morgan fingerprint density at radius 2 is 1.59 bits per heavy atom. The number of hydrogen-bond acceptors (Lipinski definition) is 2. The summed E-state index contributed by atoms with van der Waals surface area (Å²) in [5, 5.41) is 17.5. The highest BCUT2D eigenvalue weighted by molar-refractivity contribution is 4.79. The summed E-state index contributed by atoms with van der Waals surface area (Å²) in [6.07, 6.45) is 11.9. The monoisotopic (exact) mass is 244 g/mol. The van der Waals surface area contributed by atoms with Crippen LogP contribution in [0.15, 0.2) is 12.2 Å². The largest absolute Gasteiger partial charge is 0.392 e. The highest BCUT2D eigenvalue weighted by Gasteiger charge is 2.10. The van der Waals surface area contributed by atoms with Crippen LogP contribution in [0.3, 0.4) is 0 Å². The van der Waals surface area contributed by atoms with Crippen molar-refractivity contribution < 1.29 is 10.2 Å². The lowest BCUT2D eigenvalue weighted by Gasteiger charge is -2.15. The summed E-state index contributed by atoms with van der Waals surface area (Å²) in [5.41, 5.74) is -0.451. The van der Waals surface area contributed by atoms with Gasteiger partial charge in [-0.3, -0.25) is 0 Å². The third-order valence-electron chi connectivity index (χ3n) is 2.37. The number of aliphatic hydroxyl groups excluding tert-OH is 1. The van der Waals surface area contributed by atoms with E-state index in [1.54, 1.807) is 6.08 Å². The maximum Gasteiger partial charge on any atom is 0.0612 e. The molecule has 0 bridgehead atoms. The number of aliphatic hydroxyl groups is 2. The fraction of sp³-hybridized carbons (Fsp3) is 0.867. The lowest BCUT2D eigenvalue weighted by molar-refractivity contribution is 0.0680. The molecule has 0 atom stereocenters. The minimum absolute atomic E-state index is 0.181. The molecule has 2 N–H and O–H groups in total. The Balaban J connectivity index is 0. The van der Waals surface area contributed by atoms with Crippen LogP contribution in [-0.2, 0) is 0 Å². The molecule has 104 valence electrons. The minimum atomic E-state index is -0.451. The van der Waals surface area contributed by atoms with Crippen molar-refractivity contribution in [2.24, 2.45) is 0 Å². The van der Waals surface area contributed by atoms with Crippen molar-refractivity contribution >= 4 is 0 Å². The van der Waals surface area contributed by atoms with E-state index < -0.39 is 5.60 Å². The van der Waals surface area contributed by atoms with Gasteiger partial charge in [-0.1, -0.05) is 58.1 Å². The minimum Gasteiger partial charge on any atom is -0.392 e. The lowest BCUT2D eigenvalue weighted by Crippen LogP contribution is -2.17. The summed E-state index contributed by atoms with van der Waals surface area (Å²) >= 11 is 0. The average Bonchev–Trinajstić information content (AvgIpc) is 2.25. The summed E-state index contributed by atoms with van der Waals surface area (Å²) in [4.78, 5) is 0. The van der Waals surface area contributed by atoms with E-state index >= 15 is 0 Å². The van der Waals surface area contributed by atoms with Gasteiger partial charge < -0.3 is 10.2 Å². The van der Waals surface area contributed by atoms with Gasteiger partial charge in [-0.25, -0.2) is 0 Å². The van der Waals surface area contributed by atoms with Gasteiger partial charge in [0.05, 0.1) is 12.2 Å². The topological polar surface area (TPSA) is 40.5 Å². The van der Waals surface area contributed by atoms with Gasteiger partial charge in [0.1, 0.15) is 0 Å². The van der Waals surface area contributed by atoms with Crippen LogP contribution in [0.2, 0.25) is 0 Å². The first-order valence-corrected chi connectivity index (χ1v) is 6.96. The Labute approximate surface area is 108 Å². The lowest BCUT2D eigenvalue weighted by atomic mass is 10.0. The van der Waals surface area contributed by atoms with Gasteiger partial charge >= 0.3 is 0 Å². The molecule has 0 rings (SSSR count). The van der Waals surface area contributed by atoms with Gasteiger partial charge in [-0.2, -0.15) is 0 Å². The van der Waals surface area contributed by atoms with Crippen molar-refractivity contribution in [1.29, 1.82) is 0 Å². The van der Waals surface area contributed by atoms with E-state index in [1.807, 2.05) is 19.9 Å². The third kappa shape index (κ3) is 25.7. The first kappa shape index (κ1) is 19.0. The molecule has 0 fully saturated rings. The standard InChI is InChI=1S/C9H20O.C6H12O/c1-4-5-6-7-8-9(2,3)10;1-2-3-4-5-6-7/h10H,4-8H2,1-3H3;4-5,7H,2-3,6H2,1H3. The second kappa shape index (κ2) is 13.7. The maximum absolute atomic E-state index is 9.32. The van der Waals surface area contributed by atoms with Crippen molar-refractivity contribution in [2.75, 3.05) is 6.61 Å². The maximum atomic E-state index is 9.32. The summed E-state index contributed by atoms with van der Waals surface area (Å²) in [7, 11) is 0. The number of hydrogen-bond donors (Lipinski definition) is 2. The molecular formula is C15H32O2. The van der Waals surface area contributed by atoms with Crippen LogP contribution in [0.1, 0.15) is 72.6 Å². The van der Waals surface area contributed by atoms with Crippen molar-refractivity contribution in [3.8, 4) is 0 Å². The quantitative estimate of drug-likeness (QED) is 0.499. The molecule has 0 aromatic heterocycles. The van der Waals surface area contributed by atoms with Crippen molar-refractivity contribution in [3.05, 3.63) is 12.2 Å². The van der Waals surface area contributed by atoms with E-state index in [0.717, 1.165) is 25.7 Å². The van der Waals surface area contributed by atoms with E-state index in [-0.39, 0.29) is 6.61 Å². The Hall–Kier alpha value is -0.340. The fourth-order valence-electron chi connectivity index (χ4n) is 1.34. The molecule has 0 saturated heterocycles. The predicted molar refractivity (Wildman–Crippen MR) is 76.2 cm³/mol. The first-order valence-electron chi connectivity index (χ1n) is 6.96. The Kier molecular flexibility index (Phi) is 15.3. The van der Waals surface area contributed by atoms with Gasteiger partial charge in [0.2, 0.25) is 0 Å². The first-order chi connectivity index (χ1) is 7.97. The molecular weight excluding hydrogens is 212 g/mol. The van der Waals surface area contributed by atoms with Gasteiger partial charge in [0.25, 0.3) is 0 Å². The summed E-state index contributed by atoms with van der Waals surface area (Å²) in [6.45, 7) is 8.24. The SMILES string of the molecule is CCCC=CCO.CCCCCCC(C)(C)O. The Bertz CT molecular complexity index is 157. The van der Waals surface area contributed by atoms with E-state index in [1.165, 1.54) is 19.3 Å². The molecule has 17 heavy (non-hydrogen) atoms. The summed E-state index contributed by atoms with van der Waals surface area (Å²) in [5.74, 6) is 0. The van der Waals surface area contributed by atoms with Crippen molar-refractivity contribution in [3.63, 3.8) is 0 Å². The van der Waals surface area contributed by atoms with E-state index in [2.05, 4.69) is 13.8 Å². The molecule has 0 heterocycles. The van der Waals surface area contributed by atoms with Gasteiger partial charge in [0.15, 0.2) is 0 Å². The smallest absolute Gasteiger partial charge is 0.0612 e. The Morgan fingerprint density at radius 3 is 2.00 bits per heavy atom. The molecule has 0 aliphatic heterocycles. The normalized spacial score (nSPS) is 11.4. The second-order valence-electron chi connectivity index (χ2n) is 5.07. The zero-order chi connectivity index (χ0) is 13.6. The Morgan fingerprint density at radius 1 is 0.941 bits per heavy atom. The molecule has 0 aliphatic carbocycles. The number of rotatable bonds is 8. The van der Waals surface area contributed by atoms with Gasteiger partial charge in [-0.15, -0.1) is 0 Å². The van der Waals surface area contributed by atoms with Crippen molar-refractivity contribution in [2.45, 2.75) is 78.2 Å². The van der Waals surface area contributed by atoms with E-state index in [0.29, 0.717) is 0 Å². The zero-order valence-electron chi connectivity index (χ0n) is 12.2. The van der Waals surface area contributed by atoms with Crippen LogP contribution in [-0.4, -0.2) is 22.4 Å². The van der Waals surface area contributed by atoms with Crippen LogP contribution in [0.25, 0.3) is 0 Å². The molecule has 0 aromatic carbocycles. The van der Waals surface area contributed by atoms with Gasteiger partial charge in [0, 0.05) is 0 Å². The van der Waals surface area contributed by atoms with E-state index in [4.69, 9.17) is 5.11 Å². The van der Waals surface area contributed by atoms with Crippen LogP contribution in [0.4, 0.5) is 0 Å². The highest BCUT2D eigenvalue weighted by atomic mass is 16.3. The van der Waals surface area contributed by atoms with Crippen LogP contribution in [0.5, 0.6) is 0 Å². The highest BCUT2D eigenvalue weighted by Crippen LogP contribution is 2.13. The molecule has 0 saturated carbocycles. The summed E-state index contributed by atoms with van der Waals surface area (Å²) < 4.78 is 0. The summed E-state index contributed by atoms with van der Waals surface area (Å²) in [6, 6.07) is 0. The molecule has 0 spiro atoms. The molecule has 0 unspecified atom stereocenters. The predicted octanol–water partition coefficient (Wildman–Crippen LogP) is 4.06. The molecule has 0 aromatic rings. The average molecular weight is 244 g/mol. The fourth-order valence-corrected chi connectivity index (χ4v) is 1.34. The molecule has 0 amide bonds. The van der Waals surface area contributed by atoms with E-state index in [9.17, 15) is 5.11 Å². The van der Waals surface area contributed by atoms with Crippen molar-refractivity contribution in [1.82, 2.24) is 0 Å². The molecule has 0 radical (unpaired) electrons. The number of unbranched alkanes of at least 4 members (excludes halogenated alkanes) is 4. The van der Waals surface area contributed by atoms with Crippen LogP contribution in [0, 0.1) is 0 Å². The number of allylic oxidation sites excluding steroid dienone is 1. The third-order valence-corrected chi connectivity index (χ3v) is 2.37. The molecule has 0 aliphatic rings. The zero-order valence-corrected chi connectivity index (χ0v) is 12.2. The molecule has 2 heteroatoms. The van der Waals surface area contributed by atoms with Gasteiger partial charge in [-0.05, 0) is 26.7 Å². The molecule has 2 nitrogen and oxygen atoms in total. The second-order valence-corrected chi connectivity index (χ2v) is 5.07.